The lowest BCUT2D eigenvalue weighted by Gasteiger charge is -2.21. The molecule has 23 heavy (non-hydrogen) atoms. The summed E-state index contributed by atoms with van der Waals surface area (Å²) < 4.78 is 0. The molecular weight excluding hydrogens is 288 g/mol. The van der Waals surface area contributed by atoms with Crippen molar-refractivity contribution in [1.29, 1.82) is 0 Å². The van der Waals surface area contributed by atoms with Crippen LogP contribution in [0.2, 0.25) is 0 Å². The summed E-state index contributed by atoms with van der Waals surface area (Å²) in [7, 11) is 0. The van der Waals surface area contributed by atoms with Crippen molar-refractivity contribution in [2.75, 3.05) is 31.5 Å². The molecule has 2 aromatic rings. The molecule has 128 valence electrons. The van der Waals surface area contributed by atoms with E-state index in [0.717, 1.165) is 36.2 Å². The van der Waals surface area contributed by atoms with Crippen LogP contribution in [0.15, 0.2) is 18.2 Å². The highest BCUT2D eigenvalue weighted by Crippen LogP contribution is 2.24. The number of nitrogens with one attached hydrogen (secondary N) is 2. The van der Waals surface area contributed by atoms with Gasteiger partial charge in [0.25, 0.3) is 0 Å². The lowest BCUT2D eigenvalue weighted by molar-refractivity contribution is 0.264. The smallest absolute Gasteiger partial charge is 0.155 e. The number of fused-ring (bicyclic) bond motifs is 1. The molecule has 0 aliphatic carbocycles. The monoisotopic (exact) mass is 318 g/mol. The van der Waals surface area contributed by atoms with E-state index in [2.05, 4.69) is 34.3 Å². The Kier molecular flexibility index (Phi) is 7.20. The van der Waals surface area contributed by atoms with Crippen molar-refractivity contribution in [3.05, 3.63) is 18.2 Å². The van der Waals surface area contributed by atoms with Gasteiger partial charge in [0.05, 0.1) is 5.52 Å². The van der Waals surface area contributed by atoms with Crippen molar-refractivity contribution < 1.29 is 5.11 Å². The summed E-state index contributed by atoms with van der Waals surface area (Å²) in [5.41, 5.74) is 0.942. The molecule has 0 amide bonds. The first-order valence-corrected chi connectivity index (χ1v) is 8.88. The van der Waals surface area contributed by atoms with E-state index >= 15 is 0 Å². The van der Waals surface area contributed by atoms with Gasteiger partial charge in [-0.15, -0.1) is 0 Å². The summed E-state index contributed by atoms with van der Waals surface area (Å²) in [4.78, 5) is 2.57. The first kappa shape index (κ1) is 17.6. The van der Waals surface area contributed by atoms with Gasteiger partial charge in [0.2, 0.25) is 0 Å². The minimum absolute atomic E-state index is 0.271. The van der Waals surface area contributed by atoms with Crippen LogP contribution in [0.25, 0.3) is 10.9 Å². The third-order valence-corrected chi connectivity index (χ3v) is 4.15. The van der Waals surface area contributed by atoms with Gasteiger partial charge >= 0.3 is 0 Å². The number of unbranched alkanes of at least 4 members (excludes halogenated alkanes) is 2. The molecule has 0 fully saturated rings. The molecule has 2 rings (SSSR count). The third-order valence-electron chi connectivity index (χ3n) is 4.15. The van der Waals surface area contributed by atoms with Crippen LogP contribution in [0.5, 0.6) is 5.75 Å². The maximum absolute atomic E-state index is 9.61. The molecule has 1 heterocycles. The Balaban J connectivity index is 1.79. The molecule has 0 saturated heterocycles. The summed E-state index contributed by atoms with van der Waals surface area (Å²) in [5.74, 6) is 1.09. The Bertz CT molecular complexity index is 573. The van der Waals surface area contributed by atoms with E-state index in [4.69, 9.17) is 0 Å². The minimum atomic E-state index is 0.271. The molecular formula is C18H30N4O. The summed E-state index contributed by atoms with van der Waals surface area (Å²) >= 11 is 0. The Hall–Kier alpha value is -1.75. The van der Waals surface area contributed by atoms with E-state index in [-0.39, 0.29) is 5.75 Å². The predicted octanol–water partition coefficient (Wildman–Crippen LogP) is 3.97. The summed E-state index contributed by atoms with van der Waals surface area (Å²) in [6.45, 7) is 8.92. The summed E-state index contributed by atoms with van der Waals surface area (Å²) in [6.07, 6.45) is 6.16. The number of rotatable bonds is 11. The maximum atomic E-state index is 9.61. The Morgan fingerprint density at radius 1 is 1.09 bits per heavy atom. The highest BCUT2D eigenvalue weighted by atomic mass is 16.3. The molecule has 0 aliphatic rings. The van der Waals surface area contributed by atoms with E-state index in [1.54, 1.807) is 12.1 Å². The number of aromatic nitrogens is 2. The molecule has 0 unspecified atom stereocenters. The van der Waals surface area contributed by atoms with E-state index in [9.17, 15) is 5.11 Å². The standard InChI is InChI=1S/C18H30N4O/c1-3-5-11-22(12-6-4-2)13-7-10-19-18-16-14-15(23)8-9-17(16)20-21-18/h8-9,14,23H,3-7,10-13H2,1-2H3,(H2,19,20,21). The minimum Gasteiger partial charge on any atom is -0.508 e. The molecule has 5 heteroatoms. The highest BCUT2D eigenvalue weighted by Gasteiger charge is 2.07. The molecule has 0 radical (unpaired) electrons. The van der Waals surface area contributed by atoms with Crippen LogP contribution in [0, 0.1) is 0 Å². The van der Waals surface area contributed by atoms with Gasteiger partial charge in [-0.3, -0.25) is 5.10 Å². The molecule has 1 aromatic carbocycles. The zero-order valence-electron chi connectivity index (χ0n) is 14.4. The number of aromatic hydroxyl groups is 1. The Morgan fingerprint density at radius 2 is 1.78 bits per heavy atom. The number of nitrogens with zero attached hydrogens (tertiary/aromatic N) is 2. The zero-order chi connectivity index (χ0) is 16.5. The van der Waals surface area contributed by atoms with Gasteiger partial charge in [0, 0.05) is 11.9 Å². The first-order valence-electron chi connectivity index (χ1n) is 8.88. The van der Waals surface area contributed by atoms with Crippen LogP contribution in [0.3, 0.4) is 0 Å². The maximum Gasteiger partial charge on any atom is 0.155 e. The van der Waals surface area contributed by atoms with Gasteiger partial charge in [-0.2, -0.15) is 5.10 Å². The second-order valence-electron chi connectivity index (χ2n) is 6.13. The van der Waals surface area contributed by atoms with Gasteiger partial charge in [0.1, 0.15) is 5.75 Å². The van der Waals surface area contributed by atoms with Crippen molar-refractivity contribution in [1.82, 2.24) is 15.1 Å². The fourth-order valence-electron chi connectivity index (χ4n) is 2.75. The van der Waals surface area contributed by atoms with Crippen LogP contribution < -0.4 is 5.32 Å². The molecule has 0 atom stereocenters. The SMILES string of the molecule is CCCCN(CCCC)CCCNc1n[nH]c2ccc(O)cc12. The van der Waals surface area contributed by atoms with Gasteiger partial charge in [0.15, 0.2) is 5.82 Å². The number of aromatic amines is 1. The topological polar surface area (TPSA) is 64.2 Å². The number of benzene rings is 1. The molecule has 0 aliphatic heterocycles. The van der Waals surface area contributed by atoms with Crippen molar-refractivity contribution in [2.45, 2.75) is 46.0 Å². The van der Waals surface area contributed by atoms with Gasteiger partial charge < -0.3 is 15.3 Å². The van der Waals surface area contributed by atoms with E-state index in [1.807, 2.05) is 6.07 Å². The number of hydrogen-bond donors (Lipinski definition) is 3. The Labute approximate surface area is 139 Å². The number of hydrogen-bond acceptors (Lipinski definition) is 4. The lowest BCUT2D eigenvalue weighted by atomic mass is 10.2. The van der Waals surface area contributed by atoms with Crippen molar-refractivity contribution in [2.24, 2.45) is 0 Å². The molecule has 1 aromatic heterocycles. The fraction of sp³-hybridized carbons (Fsp3) is 0.611. The fourth-order valence-corrected chi connectivity index (χ4v) is 2.75. The highest BCUT2D eigenvalue weighted by molar-refractivity contribution is 5.90. The Morgan fingerprint density at radius 3 is 2.48 bits per heavy atom. The van der Waals surface area contributed by atoms with Gasteiger partial charge in [-0.25, -0.2) is 0 Å². The van der Waals surface area contributed by atoms with E-state index in [1.165, 1.54) is 38.8 Å². The number of phenolic OH excluding ortho intramolecular Hbond substituents is 1. The zero-order valence-corrected chi connectivity index (χ0v) is 14.4. The van der Waals surface area contributed by atoms with Crippen LogP contribution in [0.1, 0.15) is 46.0 Å². The largest absolute Gasteiger partial charge is 0.508 e. The van der Waals surface area contributed by atoms with Crippen LogP contribution in [-0.4, -0.2) is 46.4 Å². The molecule has 0 bridgehead atoms. The summed E-state index contributed by atoms with van der Waals surface area (Å²) in [5, 5.41) is 21.2. The van der Waals surface area contributed by atoms with Gasteiger partial charge in [-0.1, -0.05) is 26.7 Å². The lowest BCUT2D eigenvalue weighted by Crippen LogP contribution is -2.28. The number of H-pyrrole nitrogens is 1. The van der Waals surface area contributed by atoms with Crippen LogP contribution in [0.4, 0.5) is 5.82 Å². The molecule has 3 N–H and O–H groups in total. The van der Waals surface area contributed by atoms with Crippen molar-refractivity contribution >= 4 is 16.7 Å². The normalized spacial score (nSPS) is 11.4. The predicted molar refractivity (Wildman–Crippen MR) is 97.1 cm³/mol. The van der Waals surface area contributed by atoms with Gasteiger partial charge in [-0.05, 0) is 57.1 Å². The summed E-state index contributed by atoms with van der Waals surface area (Å²) in [6, 6.07) is 5.26. The van der Waals surface area contributed by atoms with E-state index in [0.29, 0.717) is 0 Å². The molecule has 5 nitrogen and oxygen atoms in total. The third kappa shape index (κ3) is 5.43. The second-order valence-corrected chi connectivity index (χ2v) is 6.13. The van der Waals surface area contributed by atoms with Crippen LogP contribution >= 0.6 is 0 Å². The molecule has 0 spiro atoms. The van der Waals surface area contributed by atoms with Crippen LogP contribution in [-0.2, 0) is 0 Å². The first-order chi connectivity index (χ1) is 11.2. The quantitative estimate of drug-likeness (QED) is 0.549. The van der Waals surface area contributed by atoms with Crippen molar-refractivity contribution in [3.8, 4) is 5.75 Å². The van der Waals surface area contributed by atoms with E-state index < -0.39 is 0 Å². The number of anilines is 1. The average molecular weight is 318 g/mol. The molecule has 0 saturated carbocycles. The second kappa shape index (κ2) is 9.40. The average Bonchev–Trinajstić information content (AvgIpc) is 2.95. The number of phenols is 1. The van der Waals surface area contributed by atoms with Crippen molar-refractivity contribution in [3.63, 3.8) is 0 Å².